The quantitative estimate of drug-likeness (QED) is 0.486. The number of hydrogen-bond donors (Lipinski definition) is 0. The highest BCUT2D eigenvalue weighted by Crippen LogP contribution is 1.99. The van der Waals surface area contributed by atoms with Crippen molar-refractivity contribution in [3.63, 3.8) is 0 Å². The van der Waals surface area contributed by atoms with E-state index in [-0.39, 0.29) is 0 Å². The molecule has 0 fully saturated rings. The highest BCUT2D eigenvalue weighted by Gasteiger charge is 1.79. The van der Waals surface area contributed by atoms with Crippen LogP contribution in [0.1, 0.15) is 5.56 Å². The van der Waals surface area contributed by atoms with Crippen molar-refractivity contribution in [2.24, 2.45) is 4.99 Å². The van der Waals surface area contributed by atoms with Gasteiger partial charge in [0.1, 0.15) is 0 Å². The number of nitrogens with zero attached hydrogens (tertiary/aromatic N) is 1. The van der Waals surface area contributed by atoms with E-state index in [9.17, 15) is 0 Å². The molecule has 0 saturated heterocycles. The van der Waals surface area contributed by atoms with Crippen molar-refractivity contribution >= 4 is 12.3 Å². The Morgan fingerprint density at radius 2 is 2.08 bits per heavy atom. The zero-order valence-electron chi connectivity index (χ0n) is 7.35. The fourth-order valence-corrected chi connectivity index (χ4v) is 0.885. The Hall–Kier alpha value is -1.81. The Labute approximate surface area is 78.8 Å². The summed E-state index contributed by atoms with van der Waals surface area (Å²) in [6.45, 7) is 0.444. The molecule has 0 aliphatic carbocycles. The molecule has 0 amide bonds. The van der Waals surface area contributed by atoms with Gasteiger partial charge in [-0.05, 0) is 11.6 Å². The highest BCUT2D eigenvalue weighted by molar-refractivity contribution is 5.78. The zero-order chi connectivity index (χ0) is 9.36. The third-order valence-electron chi connectivity index (χ3n) is 1.46. The minimum Gasteiger partial charge on any atom is -0.280 e. The van der Waals surface area contributed by atoms with E-state index in [0.717, 1.165) is 5.56 Å². The van der Waals surface area contributed by atoms with Gasteiger partial charge < -0.3 is 0 Å². The lowest BCUT2D eigenvalue weighted by molar-refractivity contribution is 1.31. The van der Waals surface area contributed by atoms with Crippen molar-refractivity contribution in [1.82, 2.24) is 0 Å². The third kappa shape index (κ3) is 3.93. The van der Waals surface area contributed by atoms with Crippen LogP contribution in [0.5, 0.6) is 0 Å². The number of allylic oxidation sites excluding steroid dienone is 1. The first-order valence-corrected chi connectivity index (χ1v) is 4.08. The van der Waals surface area contributed by atoms with Crippen LogP contribution in [0.4, 0.5) is 0 Å². The van der Waals surface area contributed by atoms with E-state index in [1.807, 2.05) is 42.5 Å². The van der Waals surface area contributed by atoms with Gasteiger partial charge in [-0.1, -0.05) is 42.3 Å². The normalized spacial score (nSPS) is 10.7. The molecule has 0 saturated carbocycles. The van der Waals surface area contributed by atoms with E-state index in [1.165, 1.54) is 0 Å². The van der Waals surface area contributed by atoms with Crippen LogP contribution in [0.2, 0.25) is 0 Å². The second-order valence-electron chi connectivity index (χ2n) is 2.46. The molecule has 1 nitrogen and oxygen atoms in total. The molecular weight excluding hydrogens is 158 g/mol. The Morgan fingerprint density at radius 1 is 1.31 bits per heavy atom. The number of rotatable bonds is 3. The molecule has 64 valence electrons. The smallest absolute Gasteiger partial charge is 0.0994 e. The number of terminal acetylenes is 1. The predicted octanol–water partition coefficient (Wildman–Crippen LogP) is 2.40. The summed E-state index contributed by atoms with van der Waals surface area (Å²) in [5.41, 5.74) is 1.16. The van der Waals surface area contributed by atoms with Crippen LogP contribution in [0, 0.1) is 12.3 Å². The summed E-state index contributed by atoms with van der Waals surface area (Å²) < 4.78 is 0. The third-order valence-corrected chi connectivity index (χ3v) is 1.46. The standard InChI is InChI=1S/C12H11N/c1-2-10-13-11-6-9-12-7-4-3-5-8-12/h1,3-9,11H,10H2. The van der Waals surface area contributed by atoms with Gasteiger partial charge in [0.25, 0.3) is 0 Å². The molecule has 1 rings (SSSR count). The second kappa shape index (κ2) is 5.79. The predicted molar refractivity (Wildman–Crippen MR) is 57.7 cm³/mol. The van der Waals surface area contributed by atoms with Gasteiger partial charge in [0.15, 0.2) is 0 Å². The minimum absolute atomic E-state index is 0.444. The summed E-state index contributed by atoms with van der Waals surface area (Å²) >= 11 is 0. The van der Waals surface area contributed by atoms with Gasteiger partial charge in [-0.3, -0.25) is 4.99 Å². The average molecular weight is 169 g/mol. The van der Waals surface area contributed by atoms with Crippen LogP contribution in [0.25, 0.3) is 6.08 Å². The Morgan fingerprint density at radius 3 is 2.77 bits per heavy atom. The first-order chi connectivity index (χ1) is 6.43. The molecule has 0 aromatic heterocycles. The lowest BCUT2D eigenvalue weighted by Gasteiger charge is -1.87. The van der Waals surface area contributed by atoms with Crippen molar-refractivity contribution < 1.29 is 0 Å². The number of hydrogen-bond acceptors (Lipinski definition) is 1. The molecule has 0 aliphatic heterocycles. The lowest BCUT2D eigenvalue weighted by atomic mass is 10.2. The van der Waals surface area contributed by atoms with E-state index in [4.69, 9.17) is 6.42 Å². The second-order valence-corrected chi connectivity index (χ2v) is 2.46. The maximum atomic E-state index is 5.03. The molecule has 13 heavy (non-hydrogen) atoms. The lowest BCUT2D eigenvalue weighted by Crippen LogP contribution is -1.72. The van der Waals surface area contributed by atoms with Crippen LogP contribution in [-0.4, -0.2) is 12.8 Å². The Kier molecular flexibility index (Phi) is 4.13. The first kappa shape index (κ1) is 9.28. The summed E-state index contributed by atoms with van der Waals surface area (Å²) in [7, 11) is 0. The van der Waals surface area contributed by atoms with Gasteiger partial charge in [-0.25, -0.2) is 0 Å². The summed E-state index contributed by atoms with van der Waals surface area (Å²) in [6.07, 6.45) is 10.6. The Bertz CT molecular complexity index is 328. The van der Waals surface area contributed by atoms with E-state index in [0.29, 0.717) is 6.54 Å². The van der Waals surface area contributed by atoms with Crippen LogP contribution in [-0.2, 0) is 0 Å². The Balaban J connectivity index is 2.46. The van der Waals surface area contributed by atoms with Gasteiger partial charge in [-0.2, -0.15) is 0 Å². The average Bonchev–Trinajstić information content (AvgIpc) is 2.19. The van der Waals surface area contributed by atoms with Crippen molar-refractivity contribution in [2.75, 3.05) is 6.54 Å². The first-order valence-electron chi connectivity index (χ1n) is 4.08. The molecule has 0 radical (unpaired) electrons. The van der Waals surface area contributed by atoms with Gasteiger partial charge in [0.05, 0.1) is 6.54 Å². The van der Waals surface area contributed by atoms with Crippen molar-refractivity contribution in [3.05, 3.63) is 42.0 Å². The highest BCUT2D eigenvalue weighted by atomic mass is 14.7. The molecule has 0 unspecified atom stereocenters. The fourth-order valence-electron chi connectivity index (χ4n) is 0.885. The molecular formula is C12H11N. The molecule has 1 heteroatoms. The summed E-state index contributed by atoms with van der Waals surface area (Å²) in [5.74, 6) is 2.43. The van der Waals surface area contributed by atoms with Gasteiger partial charge >= 0.3 is 0 Å². The monoisotopic (exact) mass is 169 g/mol. The molecule has 1 aromatic rings. The summed E-state index contributed by atoms with van der Waals surface area (Å²) in [5, 5.41) is 0. The van der Waals surface area contributed by atoms with Crippen LogP contribution in [0.15, 0.2) is 41.4 Å². The van der Waals surface area contributed by atoms with E-state index in [1.54, 1.807) is 6.21 Å². The van der Waals surface area contributed by atoms with E-state index >= 15 is 0 Å². The van der Waals surface area contributed by atoms with E-state index < -0.39 is 0 Å². The van der Waals surface area contributed by atoms with Crippen LogP contribution in [0.3, 0.4) is 0 Å². The number of benzene rings is 1. The van der Waals surface area contributed by atoms with Gasteiger partial charge in [0.2, 0.25) is 0 Å². The van der Waals surface area contributed by atoms with Crippen molar-refractivity contribution in [3.8, 4) is 12.3 Å². The van der Waals surface area contributed by atoms with E-state index in [2.05, 4.69) is 10.9 Å². The maximum Gasteiger partial charge on any atom is 0.0994 e. The van der Waals surface area contributed by atoms with Crippen molar-refractivity contribution in [1.29, 1.82) is 0 Å². The van der Waals surface area contributed by atoms with Crippen LogP contribution < -0.4 is 0 Å². The topological polar surface area (TPSA) is 12.4 Å². The molecule has 0 spiro atoms. The van der Waals surface area contributed by atoms with Gasteiger partial charge in [-0.15, -0.1) is 6.42 Å². The molecule has 0 aliphatic rings. The van der Waals surface area contributed by atoms with Crippen LogP contribution >= 0.6 is 0 Å². The van der Waals surface area contributed by atoms with Crippen molar-refractivity contribution in [2.45, 2.75) is 0 Å². The van der Waals surface area contributed by atoms with Gasteiger partial charge in [0, 0.05) is 6.21 Å². The molecule has 0 N–H and O–H groups in total. The zero-order valence-corrected chi connectivity index (χ0v) is 7.35. The maximum absolute atomic E-state index is 5.03. The molecule has 1 aromatic carbocycles. The number of aliphatic imine (C=N–C) groups is 1. The SMILES string of the molecule is C#CCN=CC=Cc1ccccc1. The molecule has 0 bridgehead atoms. The molecule has 0 heterocycles. The summed E-state index contributed by atoms with van der Waals surface area (Å²) in [4.78, 5) is 3.96. The molecule has 0 atom stereocenters. The largest absolute Gasteiger partial charge is 0.280 e. The minimum atomic E-state index is 0.444. The summed E-state index contributed by atoms with van der Waals surface area (Å²) in [6, 6.07) is 10.1. The fraction of sp³-hybridized carbons (Fsp3) is 0.0833.